The van der Waals surface area contributed by atoms with Gasteiger partial charge in [0.25, 0.3) is 5.56 Å². The topological polar surface area (TPSA) is 59.3 Å². The van der Waals surface area contributed by atoms with Crippen LogP contribution in [0.3, 0.4) is 0 Å². The van der Waals surface area contributed by atoms with Crippen LogP contribution in [0.15, 0.2) is 59.4 Å². The van der Waals surface area contributed by atoms with E-state index in [1.54, 1.807) is 38.1 Å². The maximum atomic E-state index is 12.8. The molecule has 0 radical (unpaired) electrons. The van der Waals surface area contributed by atoms with Crippen molar-refractivity contribution in [3.8, 4) is 5.88 Å². The number of hydrogen-bond acceptors (Lipinski definition) is 3. The fourth-order valence-corrected chi connectivity index (χ4v) is 2.83. The number of aromatic hydroxyl groups is 1. The molecule has 0 saturated heterocycles. The largest absolute Gasteiger partial charge is 0.494 e. The Morgan fingerprint density at radius 2 is 1.58 bits per heavy atom. The number of nitrogens with zero attached hydrogens (tertiary/aromatic N) is 1. The maximum Gasteiger partial charge on any atom is 0.261 e. The molecule has 0 bridgehead atoms. The van der Waals surface area contributed by atoms with Gasteiger partial charge in [-0.2, -0.15) is 0 Å². The molecule has 0 unspecified atom stereocenters. The lowest BCUT2D eigenvalue weighted by Crippen LogP contribution is -2.24. The summed E-state index contributed by atoms with van der Waals surface area (Å²) in [6.07, 6.45) is 0. The number of ketones is 1. The molecule has 0 spiro atoms. The fraction of sp³-hybridized carbons (Fsp3) is 0.200. The van der Waals surface area contributed by atoms with E-state index in [1.807, 2.05) is 30.3 Å². The number of hydrogen-bond donors (Lipinski definition) is 1. The van der Waals surface area contributed by atoms with Crippen LogP contribution in [0, 0.1) is 5.92 Å². The first-order chi connectivity index (χ1) is 11.5. The van der Waals surface area contributed by atoms with Gasteiger partial charge in [-0.25, -0.2) is 0 Å². The Balaban J connectivity index is 2.30. The smallest absolute Gasteiger partial charge is 0.261 e. The van der Waals surface area contributed by atoms with Gasteiger partial charge in [0.1, 0.15) is 0 Å². The van der Waals surface area contributed by atoms with Crippen LogP contribution in [-0.2, 0) is 6.54 Å². The molecule has 1 aromatic heterocycles. The molecule has 0 aliphatic heterocycles. The van der Waals surface area contributed by atoms with Crippen LogP contribution in [0.4, 0.5) is 0 Å². The molecular weight excluding hydrogens is 302 g/mol. The number of carbonyl (C=O) groups excluding carboxylic acids is 1. The summed E-state index contributed by atoms with van der Waals surface area (Å²) < 4.78 is 1.27. The van der Waals surface area contributed by atoms with Gasteiger partial charge < -0.3 is 5.11 Å². The Kier molecular flexibility index (Phi) is 4.21. The molecule has 1 N–H and O–H groups in total. The van der Waals surface area contributed by atoms with Gasteiger partial charge in [-0.05, 0) is 11.6 Å². The van der Waals surface area contributed by atoms with Gasteiger partial charge in [0.2, 0.25) is 5.88 Å². The molecule has 1 heterocycles. The quantitative estimate of drug-likeness (QED) is 0.747. The molecule has 0 aliphatic rings. The summed E-state index contributed by atoms with van der Waals surface area (Å²) in [5.41, 5.74) is 0.802. The van der Waals surface area contributed by atoms with E-state index in [0.717, 1.165) is 5.56 Å². The standard InChI is InChI=1S/C20H19NO3/c1-13(2)18(22)17-15-10-6-7-11-16(15)19(23)21(20(17)24)12-14-8-4-3-5-9-14/h3-11,13,24H,12H2,1-2H3. The van der Waals surface area contributed by atoms with E-state index >= 15 is 0 Å². The highest BCUT2D eigenvalue weighted by atomic mass is 16.3. The first kappa shape index (κ1) is 16.0. The van der Waals surface area contributed by atoms with E-state index in [2.05, 4.69) is 0 Å². The van der Waals surface area contributed by atoms with E-state index < -0.39 is 0 Å². The fourth-order valence-electron chi connectivity index (χ4n) is 2.83. The average Bonchev–Trinajstić information content (AvgIpc) is 2.59. The third-order valence-electron chi connectivity index (χ3n) is 4.11. The highest BCUT2D eigenvalue weighted by Gasteiger charge is 2.23. The van der Waals surface area contributed by atoms with Crippen molar-refractivity contribution in [1.29, 1.82) is 0 Å². The monoisotopic (exact) mass is 321 g/mol. The molecular formula is C20H19NO3. The van der Waals surface area contributed by atoms with E-state index in [9.17, 15) is 14.7 Å². The summed E-state index contributed by atoms with van der Waals surface area (Å²) in [6.45, 7) is 3.78. The van der Waals surface area contributed by atoms with Gasteiger partial charge in [-0.15, -0.1) is 0 Å². The average molecular weight is 321 g/mol. The molecule has 24 heavy (non-hydrogen) atoms. The molecule has 0 saturated carbocycles. The summed E-state index contributed by atoms with van der Waals surface area (Å²) >= 11 is 0. The van der Waals surface area contributed by atoms with Crippen LogP contribution >= 0.6 is 0 Å². The number of Topliss-reactive ketones (excluding diaryl/α,β-unsaturated/α-hetero) is 1. The Hall–Kier alpha value is -2.88. The Morgan fingerprint density at radius 1 is 1.00 bits per heavy atom. The minimum absolute atomic E-state index is 0.175. The zero-order valence-electron chi connectivity index (χ0n) is 13.7. The van der Waals surface area contributed by atoms with Crippen molar-refractivity contribution in [1.82, 2.24) is 4.57 Å². The van der Waals surface area contributed by atoms with Gasteiger partial charge >= 0.3 is 0 Å². The Labute approximate surface area is 140 Å². The summed E-state index contributed by atoms with van der Waals surface area (Å²) in [5, 5.41) is 11.6. The molecule has 2 aromatic carbocycles. The molecule has 122 valence electrons. The van der Waals surface area contributed by atoms with Crippen molar-refractivity contribution in [2.45, 2.75) is 20.4 Å². The van der Waals surface area contributed by atoms with Crippen molar-refractivity contribution >= 4 is 16.6 Å². The minimum Gasteiger partial charge on any atom is -0.494 e. The van der Waals surface area contributed by atoms with Crippen LogP contribution in [0.1, 0.15) is 29.8 Å². The molecule has 4 heteroatoms. The van der Waals surface area contributed by atoms with Crippen LogP contribution < -0.4 is 5.56 Å². The zero-order valence-corrected chi connectivity index (χ0v) is 13.7. The van der Waals surface area contributed by atoms with Crippen molar-refractivity contribution in [3.63, 3.8) is 0 Å². The van der Waals surface area contributed by atoms with Gasteiger partial charge in [0.15, 0.2) is 5.78 Å². The van der Waals surface area contributed by atoms with Crippen LogP contribution in [0.2, 0.25) is 0 Å². The lowest BCUT2D eigenvalue weighted by Gasteiger charge is -2.16. The summed E-state index contributed by atoms with van der Waals surface area (Å²) in [4.78, 5) is 25.4. The van der Waals surface area contributed by atoms with Crippen molar-refractivity contribution in [3.05, 3.63) is 76.1 Å². The van der Waals surface area contributed by atoms with Crippen molar-refractivity contribution in [2.24, 2.45) is 5.92 Å². The first-order valence-corrected chi connectivity index (χ1v) is 7.93. The zero-order chi connectivity index (χ0) is 17.3. The predicted molar refractivity (Wildman–Crippen MR) is 94.6 cm³/mol. The van der Waals surface area contributed by atoms with E-state index in [1.165, 1.54) is 4.57 Å². The molecule has 0 atom stereocenters. The van der Waals surface area contributed by atoms with Gasteiger partial charge in [0.05, 0.1) is 12.1 Å². The number of benzene rings is 2. The molecule has 0 aliphatic carbocycles. The third kappa shape index (κ3) is 2.71. The van der Waals surface area contributed by atoms with Crippen molar-refractivity contribution < 1.29 is 9.90 Å². The molecule has 3 rings (SSSR count). The van der Waals surface area contributed by atoms with Crippen molar-refractivity contribution in [2.75, 3.05) is 0 Å². The second-order valence-electron chi connectivity index (χ2n) is 6.14. The lowest BCUT2D eigenvalue weighted by atomic mass is 9.96. The van der Waals surface area contributed by atoms with E-state index in [0.29, 0.717) is 10.8 Å². The van der Waals surface area contributed by atoms with Gasteiger partial charge in [-0.3, -0.25) is 14.2 Å². The number of carbonyl (C=O) groups is 1. The molecule has 4 nitrogen and oxygen atoms in total. The number of rotatable bonds is 4. The normalized spacial score (nSPS) is 11.1. The summed E-state index contributed by atoms with van der Waals surface area (Å²) in [6, 6.07) is 16.3. The highest BCUT2D eigenvalue weighted by molar-refractivity contribution is 6.10. The predicted octanol–water partition coefficient (Wildman–Crippen LogP) is 3.59. The highest BCUT2D eigenvalue weighted by Crippen LogP contribution is 2.27. The van der Waals surface area contributed by atoms with Crippen LogP contribution in [-0.4, -0.2) is 15.5 Å². The second kappa shape index (κ2) is 6.32. The molecule has 0 amide bonds. The van der Waals surface area contributed by atoms with Crippen LogP contribution in [0.5, 0.6) is 5.88 Å². The summed E-state index contributed by atoms with van der Waals surface area (Å²) in [5.74, 6) is -0.714. The van der Waals surface area contributed by atoms with E-state index in [-0.39, 0.29) is 35.2 Å². The van der Waals surface area contributed by atoms with E-state index in [4.69, 9.17) is 0 Å². The second-order valence-corrected chi connectivity index (χ2v) is 6.14. The maximum absolute atomic E-state index is 12.8. The first-order valence-electron chi connectivity index (χ1n) is 7.93. The number of aromatic nitrogens is 1. The third-order valence-corrected chi connectivity index (χ3v) is 4.11. The molecule has 0 fully saturated rings. The van der Waals surface area contributed by atoms with Crippen LogP contribution in [0.25, 0.3) is 10.8 Å². The summed E-state index contributed by atoms with van der Waals surface area (Å²) in [7, 11) is 0. The molecule has 3 aromatic rings. The lowest BCUT2D eigenvalue weighted by molar-refractivity contribution is 0.0937. The minimum atomic E-state index is -0.299. The Morgan fingerprint density at radius 3 is 2.21 bits per heavy atom. The number of fused-ring (bicyclic) bond motifs is 1. The van der Waals surface area contributed by atoms with Gasteiger partial charge in [-0.1, -0.05) is 62.4 Å². The Bertz CT molecular complexity index is 956. The SMILES string of the molecule is CC(C)C(=O)c1c(O)n(Cc2ccccc2)c(=O)c2ccccc12. The number of pyridine rings is 1. The van der Waals surface area contributed by atoms with Gasteiger partial charge in [0, 0.05) is 16.7 Å².